The van der Waals surface area contributed by atoms with Crippen LogP contribution in [0.1, 0.15) is 0 Å². The molecule has 63 heavy (non-hydrogen) atoms. The summed E-state index contributed by atoms with van der Waals surface area (Å²) in [7, 11) is 0. The maximum Gasteiger partial charge on any atom is 0.164 e. The molecule has 0 aliphatic rings. The Morgan fingerprint density at radius 1 is 0.317 bits per heavy atom. The average Bonchev–Trinajstić information content (AvgIpc) is 4.04. The molecule has 4 aromatic heterocycles. The van der Waals surface area contributed by atoms with Crippen molar-refractivity contribution >= 4 is 65.7 Å². The Morgan fingerprint density at radius 2 is 0.905 bits per heavy atom. The third kappa shape index (κ3) is 5.62. The van der Waals surface area contributed by atoms with Gasteiger partial charge in [0, 0.05) is 49.0 Å². The molecule has 13 rings (SSSR count). The van der Waals surface area contributed by atoms with E-state index in [2.05, 4.69) is 156 Å². The van der Waals surface area contributed by atoms with Gasteiger partial charge in [-0.3, -0.25) is 0 Å². The summed E-state index contributed by atoms with van der Waals surface area (Å²) >= 11 is 0. The third-order valence-electron chi connectivity index (χ3n) is 12.3. The van der Waals surface area contributed by atoms with E-state index in [0.717, 1.165) is 99.5 Å². The van der Waals surface area contributed by atoms with Gasteiger partial charge in [0.15, 0.2) is 23.1 Å². The van der Waals surface area contributed by atoms with Gasteiger partial charge in [-0.1, -0.05) is 158 Å². The van der Waals surface area contributed by atoms with E-state index in [1.165, 1.54) is 10.8 Å². The molecule has 0 unspecified atom stereocenters. The molecule has 0 spiro atoms. The Hall–Kier alpha value is -8.61. The molecule has 0 N–H and O–H groups in total. The van der Waals surface area contributed by atoms with Crippen LogP contribution in [0, 0.1) is 0 Å². The summed E-state index contributed by atoms with van der Waals surface area (Å²) < 4.78 is 15.8. The van der Waals surface area contributed by atoms with Gasteiger partial charge in [0.05, 0.1) is 16.7 Å². The molecule has 13 aromatic rings. The van der Waals surface area contributed by atoms with Crippen molar-refractivity contribution in [3.8, 4) is 62.1 Å². The Morgan fingerprint density at radius 3 is 1.68 bits per heavy atom. The van der Waals surface area contributed by atoms with Gasteiger partial charge < -0.3 is 13.4 Å². The van der Waals surface area contributed by atoms with Crippen molar-refractivity contribution in [2.75, 3.05) is 0 Å². The maximum absolute atomic E-state index is 6.85. The number of para-hydroxylation sites is 3. The van der Waals surface area contributed by atoms with Gasteiger partial charge in [-0.05, 0) is 70.8 Å². The quantitative estimate of drug-likeness (QED) is 0.167. The molecule has 294 valence electrons. The molecule has 0 saturated carbocycles. The van der Waals surface area contributed by atoms with Crippen LogP contribution in [0.25, 0.3) is 128 Å². The monoisotopic (exact) mass is 806 g/mol. The highest BCUT2D eigenvalue weighted by Crippen LogP contribution is 2.44. The van der Waals surface area contributed by atoms with E-state index >= 15 is 0 Å². The molecule has 0 bridgehead atoms. The minimum Gasteiger partial charge on any atom is -0.456 e. The lowest BCUT2D eigenvalue weighted by Gasteiger charge is -2.12. The first-order chi connectivity index (χ1) is 31.2. The number of fused-ring (bicyclic) bond motifs is 9. The predicted octanol–water partition coefficient (Wildman–Crippen LogP) is 15.1. The van der Waals surface area contributed by atoms with Crippen LogP contribution in [-0.4, -0.2) is 19.5 Å². The van der Waals surface area contributed by atoms with Gasteiger partial charge in [-0.25, -0.2) is 15.0 Å². The molecule has 0 saturated heterocycles. The summed E-state index contributed by atoms with van der Waals surface area (Å²) in [6.07, 6.45) is 0. The van der Waals surface area contributed by atoms with Crippen molar-refractivity contribution in [3.63, 3.8) is 0 Å². The Labute approximate surface area is 361 Å². The molecule has 0 aliphatic carbocycles. The van der Waals surface area contributed by atoms with E-state index in [1.807, 2.05) is 54.6 Å². The zero-order valence-corrected chi connectivity index (χ0v) is 33.7. The van der Waals surface area contributed by atoms with Gasteiger partial charge >= 0.3 is 0 Å². The number of furan rings is 2. The summed E-state index contributed by atoms with van der Waals surface area (Å²) in [6.45, 7) is 0. The molecule has 0 amide bonds. The van der Waals surface area contributed by atoms with Crippen LogP contribution in [0.2, 0.25) is 0 Å². The molecule has 0 radical (unpaired) electrons. The van der Waals surface area contributed by atoms with E-state index in [1.54, 1.807) is 0 Å². The fourth-order valence-corrected chi connectivity index (χ4v) is 9.40. The second-order valence-corrected chi connectivity index (χ2v) is 15.9. The number of hydrogen-bond acceptors (Lipinski definition) is 5. The van der Waals surface area contributed by atoms with Gasteiger partial charge in [-0.15, -0.1) is 0 Å². The molecular formula is C57H34N4O2. The minimum atomic E-state index is 0.571. The second-order valence-electron chi connectivity index (χ2n) is 15.9. The largest absolute Gasteiger partial charge is 0.456 e. The van der Waals surface area contributed by atoms with Crippen LogP contribution in [-0.2, 0) is 0 Å². The molecule has 4 heterocycles. The lowest BCUT2D eigenvalue weighted by atomic mass is 9.96. The Kier molecular flexibility index (Phi) is 7.80. The van der Waals surface area contributed by atoms with E-state index in [-0.39, 0.29) is 0 Å². The highest BCUT2D eigenvalue weighted by Gasteiger charge is 2.23. The van der Waals surface area contributed by atoms with Crippen LogP contribution in [0.3, 0.4) is 0 Å². The summed E-state index contributed by atoms with van der Waals surface area (Å²) in [5.74, 6) is 1.77. The lowest BCUT2D eigenvalue weighted by Crippen LogP contribution is -2.00. The Balaban J connectivity index is 1.02. The van der Waals surface area contributed by atoms with Gasteiger partial charge in [0.1, 0.15) is 16.7 Å². The van der Waals surface area contributed by atoms with E-state index < -0.39 is 0 Å². The van der Waals surface area contributed by atoms with E-state index in [9.17, 15) is 0 Å². The van der Waals surface area contributed by atoms with Crippen molar-refractivity contribution in [1.82, 2.24) is 19.5 Å². The molecule has 9 aromatic carbocycles. The van der Waals surface area contributed by atoms with Crippen molar-refractivity contribution in [2.45, 2.75) is 0 Å². The fourth-order valence-electron chi connectivity index (χ4n) is 9.40. The van der Waals surface area contributed by atoms with Crippen LogP contribution in [0.15, 0.2) is 215 Å². The summed E-state index contributed by atoms with van der Waals surface area (Å²) in [5, 5.41) is 6.45. The Bertz CT molecular complexity index is 3870. The normalized spacial score (nSPS) is 11.8. The summed E-state index contributed by atoms with van der Waals surface area (Å²) in [6, 6.07) is 71.4. The first kappa shape index (κ1) is 35.2. The smallest absolute Gasteiger partial charge is 0.164 e. The molecule has 0 aliphatic heterocycles. The van der Waals surface area contributed by atoms with Crippen LogP contribution in [0.5, 0.6) is 0 Å². The predicted molar refractivity (Wildman–Crippen MR) is 256 cm³/mol. The standard InChI is InChI=1S/C57H34N4O2/c1-3-15-35(16-4-1)37-19-13-20-39(33-37)56-58-55(36-17-5-2-6-18-36)59-57(60-56)44-24-14-28-51-52(44)45-34-38(29-32-50(45)62-51)40-30-31-48(54-53(40)43-23-9-12-27-49(43)63-54)61-46-25-10-7-21-41(46)42-22-8-11-26-47(42)61/h1-34H. The van der Waals surface area contributed by atoms with Crippen LogP contribution >= 0.6 is 0 Å². The number of nitrogens with zero attached hydrogens (tertiary/aromatic N) is 4. The summed E-state index contributed by atoms with van der Waals surface area (Å²) in [5.41, 5.74) is 13.5. The zero-order chi connectivity index (χ0) is 41.4. The first-order valence-electron chi connectivity index (χ1n) is 21.1. The minimum absolute atomic E-state index is 0.571. The molecular weight excluding hydrogens is 773 g/mol. The fraction of sp³-hybridized carbons (Fsp3) is 0. The third-order valence-corrected chi connectivity index (χ3v) is 12.3. The number of rotatable bonds is 6. The van der Waals surface area contributed by atoms with Crippen molar-refractivity contribution in [1.29, 1.82) is 0 Å². The molecule has 6 nitrogen and oxygen atoms in total. The van der Waals surface area contributed by atoms with Gasteiger partial charge in [0.2, 0.25) is 0 Å². The molecule has 0 fully saturated rings. The average molecular weight is 807 g/mol. The van der Waals surface area contributed by atoms with Crippen molar-refractivity contribution < 1.29 is 8.83 Å². The number of benzene rings is 9. The number of hydrogen-bond donors (Lipinski definition) is 0. The van der Waals surface area contributed by atoms with E-state index in [4.69, 9.17) is 23.8 Å². The topological polar surface area (TPSA) is 69.9 Å². The van der Waals surface area contributed by atoms with E-state index in [0.29, 0.717) is 17.5 Å². The van der Waals surface area contributed by atoms with Crippen LogP contribution in [0.4, 0.5) is 0 Å². The highest BCUT2D eigenvalue weighted by atomic mass is 16.3. The van der Waals surface area contributed by atoms with Crippen LogP contribution < -0.4 is 0 Å². The SMILES string of the molecule is c1ccc(-c2cccc(-c3nc(-c4ccccc4)nc(-c4cccc5oc6ccc(-c7ccc(-n8c9ccccc9c9ccccc98)c8oc9ccccc9c78)cc6c45)n3)c2)cc1. The van der Waals surface area contributed by atoms with Gasteiger partial charge in [-0.2, -0.15) is 0 Å². The molecule has 6 heteroatoms. The van der Waals surface area contributed by atoms with Crippen molar-refractivity contribution in [2.24, 2.45) is 0 Å². The number of aromatic nitrogens is 4. The zero-order valence-electron chi connectivity index (χ0n) is 33.7. The lowest BCUT2D eigenvalue weighted by molar-refractivity contribution is 0.666. The van der Waals surface area contributed by atoms with Crippen molar-refractivity contribution in [3.05, 3.63) is 206 Å². The highest BCUT2D eigenvalue weighted by molar-refractivity contribution is 6.18. The van der Waals surface area contributed by atoms with Gasteiger partial charge in [0.25, 0.3) is 0 Å². The molecule has 0 atom stereocenters. The first-order valence-corrected chi connectivity index (χ1v) is 21.1. The summed E-state index contributed by atoms with van der Waals surface area (Å²) in [4.78, 5) is 15.5. The maximum atomic E-state index is 6.85. The second kappa shape index (κ2) is 14.0.